The van der Waals surface area contributed by atoms with Crippen molar-refractivity contribution in [1.29, 1.82) is 5.26 Å². The summed E-state index contributed by atoms with van der Waals surface area (Å²) in [6, 6.07) is 5.78. The summed E-state index contributed by atoms with van der Waals surface area (Å²) in [5, 5.41) is 17.3. The lowest BCUT2D eigenvalue weighted by Gasteiger charge is -2.06. The van der Waals surface area contributed by atoms with Crippen LogP contribution in [0.5, 0.6) is 0 Å². The van der Waals surface area contributed by atoms with Gasteiger partial charge in [-0.2, -0.15) is 5.26 Å². The Morgan fingerprint density at radius 2 is 2.33 bits per heavy atom. The number of hydrogen-bond donors (Lipinski definition) is 1. The predicted molar refractivity (Wildman–Crippen MR) is 51.6 cm³/mol. The first-order valence-corrected chi connectivity index (χ1v) is 4.46. The molecule has 78 valence electrons. The van der Waals surface area contributed by atoms with Crippen molar-refractivity contribution in [3.05, 3.63) is 35.1 Å². The fourth-order valence-corrected chi connectivity index (χ4v) is 1.23. The molecule has 0 aliphatic carbocycles. The topological polar surface area (TPSA) is 61.1 Å². The molecule has 0 bridgehead atoms. The van der Waals surface area contributed by atoms with Crippen molar-refractivity contribution in [1.82, 2.24) is 0 Å². The Labute approximate surface area is 86.8 Å². The molecule has 0 radical (unpaired) electrons. The van der Waals surface area contributed by atoms with Crippen molar-refractivity contribution in [2.24, 2.45) is 5.92 Å². The second kappa shape index (κ2) is 4.56. The van der Waals surface area contributed by atoms with E-state index in [0.29, 0.717) is 12.0 Å². The number of hydrogen-bond acceptors (Lipinski definition) is 2. The van der Waals surface area contributed by atoms with Crippen LogP contribution < -0.4 is 0 Å². The van der Waals surface area contributed by atoms with Crippen molar-refractivity contribution >= 4 is 5.97 Å². The maximum Gasteiger partial charge on any atom is 0.306 e. The SMILES string of the molecule is CC(Cc1ccc(F)c(C#N)c1)C(=O)O. The van der Waals surface area contributed by atoms with Crippen LogP contribution in [-0.2, 0) is 11.2 Å². The summed E-state index contributed by atoms with van der Waals surface area (Å²) in [4.78, 5) is 10.6. The normalized spacial score (nSPS) is 11.8. The Bertz CT molecular complexity index is 423. The third kappa shape index (κ3) is 2.78. The zero-order valence-corrected chi connectivity index (χ0v) is 8.20. The first kappa shape index (κ1) is 11.2. The second-order valence-corrected chi connectivity index (χ2v) is 3.37. The van der Waals surface area contributed by atoms with E-state index in [1.165, 1.54) is 18.2 Å². The molecule has 3 nitrogen and oxygen atoms in total. The van der Waals surface area contributed by atoms with E-state index in [2.05, 4.69) is 0 Å². The third-order valence-electron chi connectivity index (χ3n) is 2.11. The smallest absolute Gasteiger partial charge is 0.306 e. The fraction of sp³-hybridized carbons (Fsp3) is 0.273. The molecular weight excluding hydrogens is 197 g/mol. The number of carboxylic acid groups (broad SMARTS) is 1. The van der Waals surface area contributed by atoms with Crippen LogP contribution in [0.25, 0.3) is 0 Å². The van der Waals surface area contributed by atoms with E-state index in [1.807, 2.05) is 0 Å². The molecule has 0 saturated heterocycles. The molecule has 0 heterocycles. The monoisotopic (exact) mass is 207 g/mol. The molecule has 0 spiro atoms. The highest BCUT2D eigenvalue weighted by Gasteiger charge is 2.12. The molecule has 0 aliphatic rings. The highest BCUT2D eigenvalue weighted by molar-refractivity contribution is 5.69. The molecule has 0 aromatic heterocycles. The summed E-state index contributed by atoms with van der Waals surface area (Å²) >= 11 is 0. The first-order chi connectivity index (χ1) is 7.04. The van der Waals surface area contributed by atoms with E-state index in [9.17, 15) is 9.18 Å². The molecule has 0 aliphatic heterocycles. The standard InChI is InChI=1S/C11H10FNO2/c1-7(11(14)15)4-8-2-3-10(12)9(5-8)6-13/h2-3,5,7H,4H2,1H3,(H,14,15). The van der Waals surface area contributed by atoms with E-state index >= 15 is 0 Å². The minimum absolute atomic E-state index is 0.0508. The van der Waals surface area contributed by atoms with Crippen molar-refractivity contribution in [3.8, 4) is 6.07 Å². The number of carbonyl (C=O) groups is 1. The lowest BCUT2D eigenvalue weighted by Crippen LogP contribution is -2.12. The number of nitrogens with zero attached hydrogens (tertiary/aromatic N) is 1. The average molecular weight is 207 g/mol. The van der Waals surface area contributed by atoms with Crippen LogP contribution in [-0.4, -0.2) is 11.1 Å². The van der Waals surface area contributed by atoms with E-state index in [0.717, 1.165) is 0 Å². The van der Waals surface area contributed by atoms with Crippen LogP contribution in [0.2, 0.25) is 0 Å². The Morgan fingerprint density at radius 3 is 2.87 bits per heavy atom. The molecule has 0 saturated carbocycles. The van der Waals surface area contributed by atoms with Crippen molar-refractivity contribution in [3.63, 3.8) is 0 Å². The molecule has 15 heavy (non-hydrogen) atoms. The van der Waals surface area contributed by atoms with Gasteiger partial charge in [0.05, 0.1) is 11.5 Å². The van der Waals surface area contributed by atoms with Crippen LogP contribution in [0.1, 0.15) is 18.1 Å². The number of rotatable bonds is 3. The third-order valence-corrected chi connectivity index (χ3v) is 2.11. The van der Waals surface area contributed by atoms with Crippen molar-refractivity contribution in [2.75, 3.05) is 0 Å². The maximum atomic E-state index is 12.9. The lowest BCUT2D eigenvalue weighted by atomic mass is 10.00. The molecular formula is C11H10FNO2. The summed E-state index contributed by atoms with van der Waals surface area (Å²) in [5.41, 5.74) is 0.605. The van der Waals surface area contributed by atoms with Gasteiger partial charge < -0.3 is 5.11 Å². The van der Waals surface area contributed by atoms with Crippen molar-refractivity contribution < 1.29 is 14.3 Å². The largest absolute Gasteiger partial charge is 0.481 e. The number of halogens is 1. The molecule has 1 N–H and O–H groups in total. The van der Waals surface area contributed by atoms with Gasteiger partial charge in [-0.1, -0.05) is 13.0 Å². The number of carboxylic acids is 1. The van der Waals surface area contributed by atoms with Gasteiger partial charge in [-0.25, -0.2) is 4.39 Å². The van der Waals surface area contributed by atoms with E-state index in [4.69, 9.17) is 10.4 Å². The van der Waals surface area contributed by atoms with Gasteiger partial charge in [0.25, 0.3) is 0 Å². The first-order valence-electron chi connectivity index (χ1n) is 4.46. The maximum absolute atomic E-state index is 12.9. The quantitative estimate of drug-likeness (QED) is 0.824. The molecule has 1 atom stereocenters. The van der Waals surface area contributed by atoms with Gasteiger partial charge in [0.2, 0.25) is 0 Å². The van der Waals surface area contributed by atoms with Crippen LogP contribution >= 0.6 is 0 Å². The Hall–Kier alpha value is -1.89. The average Bonchev–Trinajstić information content (AvgIpc) is 2.20. The van der Waals surface area contributed by atoms with Gasteiger partial charge in [-0.15, -0.1) is 0 Å². The Balaban J connectivity index is 2.89. The summed E-state index contributed by atoms with van der Waals surface area (Å²) < 4.78 is 12.9. The van der Waals surface area contributed by atoms with Gasteiger partial charge in [-0.05, 0) is 24.1 Å². The molecule has 1 aromatic rings. The number of aliphatic carboxylic acids is 1. The van der Waals surface area contributed by atoms with Crippen LogP contribution in [0.15, 0.2) is 18.2 Å². The van der Waals surface area contributed by atoms with Crippen LogP contribution in [0, 0.1) is 23.1 Å². The van der Waals surface area contributed by atoms with Gasteiger partial charge in [0, 0.05) is 0 Å². The predicted octanol–water partition coefficient (Wildman–Crippen LogP) is 1.96. The van der Waals surface area contributed by atoms with E-state index < -0.39 is 17.7 Å². The molecule has 1 rings (SSSR count). The van der Waals surface area contributed by atoms with E-state index in [-0.39, 0.29) is 5.56 Å². The number of nitriles is 1. The fourth-order valence-electron chi connectivity index (χ4n) is 1.23. The van der Waals surface area contributed by atoms with Crippen molar-refractivity contribution in [2.45, 2.75) is 13.3 Å². The highest BCUT2D eigenvalue weighted by Crippen LogP contribution is 2.13. The van der Waals surface area contributed by atoms with Gasteiger partial charge in [-0.3, -0.25) is 4.79 Å². The summed E-state index contributed by atoms with van der Waals surface area (Å²) in [7, 11) is 0. The second-order valence-electron chi connectivity index (χ2n) is 3.37. The van der Waals surface area contributed by atoms with Gasteiger partial charge >= 0.3 is 5.97 Å². The Morgan fingerprint density at radius 1 is 1.67 bits per heavy atom. The number of benzene rings is 1. The molecule has 1 unspecified atom stereocenters. The summed E-state index contributed by atoms with van der Waals surface area (Å²) in [6.07, 6.45) is 0.296. The van der Waals surface area contributed by atoms with Gasteiger partial charge in [0.15, 0.2) is 0 Å². The minimum atomic E-state index is -0.905. The molecule has 0 amide bonds. The lowest BCUT2D eigenvalue weighted by molar-refractivity contribution is -0.141. The summed E-state index contributed by atoms with van der Waals surface area (Å²) in [6.45, 7) is 1.57. The van der Waals surface area contributed by atoms with Crippen LogP contribution in [0.3, 0.4) is 0 Å². The van der Waals surface area contributed by atoms with Crippen LogP contribution in [0.4, 0.5) is 4.39 Å². The molecule has 4 heteroatoms. The zero-order chi connectivity index (χ0) is 11.4. The highest BCUT2D eigenvalue weighted by atomic mass is 19.1. The minimum Gasteiger partial charge on any atom is -0.481 e. The molecule has 0 fully saturated rings. The molecule has 1 aromatic carbocycles. The van der Waals surface area contributed by atoms with Gasteiger partial charge in [0.1, 0.15) is 11.9 Å². The Kier molecular flexibility index (Phi) is 3.40. The van der Waals surface area contributed by atoms with E-state index in [1.54, 1.807) is 13.0 Å². The zero-order valence-electron chi connectivity index (χ0n) is 8.20. The summed E-state index contributed by atoms with van der Waals surface area (Å²) in [5.74, 6) is -2.02.